The van der Waals surface area contributed by atoms with Crippen molar-refractivity contribution in [1.29, 1.82) is 0 Å². The molecule has 0 radical (unpaired) electrons. The first kappa shape index (κ1) is 18.0. The molecule has 0 bridgehead atoms. The van der Waals surface area contributed by atoms with Gasteiger partial charge >= 0.3 is 5.97 Å². The molecule has 0 amide bonds. The lowest BCUT2D eigenvalue weighted by atomic mass is 10.2. The number of hydrogen-bond donors (Lipinski definition) is 1. The number of H-pyrrole nitrogens is 1. The number of benzene rings is 1. The van der Waals surface area contributed by atoms with Crippen LogP contribution in [-0.4, -0.2) is 42.7 Å². The first-order valence-corrected chi connectivity index (χ1v) is 9.51. The fourth-order valence-corrected chi connectivity index (χ4v) is 2.80. The molecule has 0 atom stereocenters. The maximum Gasteiger partial charge on any atom is 0.337 e. The first-order chi connectivity index (χ1) is 12.3. The third-order valence-electron chi connectivity index (χ3n) is 3.62. The van der Waals surface area contributed by atoms with Crippen LogP contribution in [0, 0.1) is 0 Å². The number of rotatable bonds is 6. The minimum absolute atomic E-state index is 0.0447. The highest BCUT2D eigenvalue weighted by molar-refractivity contribution is 7.85. The van der Waals surface area contributed by atoms with E-state index in [1.165, 1.54) is 7.11 Å². The molecule has 0 unspecified atom stereocenters. The van der Waals surface area contributed by atoms with Gasteiger partial charge in [-0.25, -0.2) is 9.78 Å². The average molecular weight is 375 g/mol. The third kappa shape index (κ3) is 4.44. The van der Waals surface area contributed by atoms with Gasteiger partial charge in [0.2, 0.25) is 0 Å². The topological polar surface area (TPSA) is 111 Å². The number of nitrogens with zero attached hydrogens (tertiary/aromatic N) is 2. The van der Waals surface area contributed by atoms with Crippen LogP contribution in [0.1, 0.15) is 27.4 Å². The molecule has 0 fully saturated rings. The van der Waals surface area contributed by atoms with Gasteiger partial charge in [0, 0.05) is 18.3 Å². The highest BCUT2D eigenvalue weighted by atomic mass is 32.2. The van der Waals surface area contributed by atoms with Crippen molar-refractivity contribution in [3.63, 3.8) is 0 Å². The van der Waals surface area contributed by atoms with Crippen molar-refractivity contribution >= 4 is 27.1 Å². The van der Waals surface area contributed by atoms with Gasteiger partial charge in [-0.3, -0.25) is 9.17 Å². The van der Waals surface area contributed by atoms with E-state index in [-0.39, 0.29) is 6.61 Å². The fourth-order valence-electron chi connectivity index (χ4n) is 2.45. The number of esters is 1. The Morgan fingerprint density at radius 1 is 1.23 bits per heavy atom. The van der Waals surface area contributed by atoms with Crippen LogP contribution in [0.2, 0.25) is 0 Å². The number of methoxy groups -OCH3 is 1. The molecule has 9 heteroatoms. The second-order valence-electron chi connectivity index (χ2n) is 5.71. The molecule has 3 rings (SSSR count). The van der Waals surface area contributed by atoms with Gasteiger partial charge in [0.25, 0.3) is 10.1 Å². The van der Waals surface area contributed by atoms with E-state index in [0.717, 1.165) is 17.3 Å². The average Bonchev–Trinajstić information content (AvgIpc) is 3.00. The highest BCUT2D eigenvalue weighted by Gasteiger charge is 2.10. The second kappa shape index (κ2) is 7.22. The minimum atomic E-state index is -3.50. The van der Waals surface area contributed by atoms with Gasteiger partial charge < -0.3 is 9.72 Å². The van der Waals surface area contributed by atoms with E-state index in [0.29, 0.717) is 29.1 Å². The molecule has 1 aromatic carbocycles. The highest BCUT2D eigenvalue weighted by Crippen LogP contribution is 2.16. The number of pyridine rings is 1. The van der Waals surface area contributed by atoms with Crippen LogP contribution in [0.5, 0.6) is 0 Å². The summed E-state index contributed by atoms with van der Waals surface area (Å²) in [6, 6.07) is 8.53. The number of aromatic nitrogens is 3. The van der Waals surface area contributed by atoms with Crippen molar-refractivity contribution in [2.24, 2.45) is 0 Å². The molecule has 0 aliphatic heterocycles. The SMILES string of the molecule is COC(=O)c1ccc2nc(Cc3cc(COS(C)(=O)=O)ccn3)[nH]c2c1. The van der Waals surface area contributed by atoms with Crippen LogP contribution in [-0.2, 0) is 32.1 Å². The summed E-state index contributed by atoms with van der Waals surface area (Å²) >= 11 is 0. The third-order valence-corrected chi connectivity index (χ3v) is 4.17. The van der Waals surface area contributed by atoms with Crippen molar-refractivity contribution < 1.29 is 22.1 Å². The van der Waals surface area contributed by atoms with Crippen molar-refractivity contribution in [3.8, 4) is 0 Å². The largest absolute Gasteiger partial charge is 0.465 e. The summed E-state index contributed by atoms with van der Waals surface area (Å²) in [6.45, 7) is -0.0447. The molecule has 0 saturated carbocycles. The Bertz CT molecular complexity index is 1060. The molecule has 8 nitrogen and oxygen atoms in total. The lowest BCUT2D eigenvalue weighted by molar-refractivity contribution is 0.0601. The summed E-state index contributed by atoms with van der Waals surface area (Å²) in [4.78, 5) is 23.5. The van der Waals surface area contributed by atoms with Crippen LogP contribution in [0.25, 0.3) is 11.0 Å². The maximum absolute atomic E-state index is 11.6. The van der Waals surface area contributed by atoms with E-state index < -0.39 is 16.1 Å². The Labute approximate surface area is 150 Å². The van der Waals surface area contributed by atoms with Gasteiger partial charge in [0.15, 0.2) is 0 Å². The Morgan fingerprint density at radius 3 is 2.77 bits per heavy atom. The zero-order valence-electron chi connectivity index (χ0n) is 14.2. The summed E-state index contributed by atoms with van der Waals surface area (Å²) in [5, 5.41) is 0. The summed E-state index contributed by atoms with van der Waals surface area (Å²) in [5.41, 5.74) is 3.30. The lowest BCUT2D eigenvalue weighted by Crippen LogP contribution is -2.03. The molecule has 0 aliphatic rings. The summed E-state index contributed by atoms with van der Waals surface area (Å²) in [5.74, 6) is 0.263. The van der Waals surface area contributed by atoms with Crippen molar-refractivity contribution in [2.75, 3.05) is 13.4 Å². The standard InChI is InChI=1S/C17H17N3O5S/c1-24-17(21)12-3-4-14-15(8-12)20-16(19-14)9-13-7-11(5-6-18-13)10-25-26(2,22)23/h3-8H,9-10H2,1-2H3,(H,19,20). The van der Waals surface area contributed by atoms with Crippen molar-refractivity contribution in [2.45, 2.75) is 13.0 Å². The van der Waals surface area contributed by atoms with Crippen LogP contribution in [0.3, 0.4) is 0 Å². The molecule has 136 valence electrons. The van der Waals surface area contributed by atoms with Crippen LogP contribution < -0.4 is 0 Å². The smallest absolute Gasteiger partial charge is 0.337 e. The predicted octanol–water partition coefficient (Wildman–Crippen LogP) is 1.81. The summed E-state index contributed by atoms with van der Waals surface area (Å²) in [7, 11) is -2.17. The van der Waals surface area contributed by atoms with Gasteiger partial charge in [-0.05, 0) is 35.9 Å². The summed E-state index contributed by atoms with van der Waals surface area (Å²) in [6.07, 6.45) is 3.02. The van der Waals surface area contributed by atoms with E-state index in [9.17, 15) is 13.2 Å². The van der Waals surface area contributed by atoms with Gasteiger partial charge in [0.1, 0.15) is 5.82 Å². The first-order valence-electron chi connectivity index (χ1n) is 7.69. The Balaban J connectivity index is 1.79. The fraction of sp³-hybridized carbons (Fsp3) is 0.235. The molecular weight excluding hydrogens is 358 g/mol. The van der Waals surface area contributed by atoms with Crippen molar-refractivity contribution in [1.82, 2.24) is 15.0 Å². The molecule has 0 saturated heterocycles. The maximum atomic E-state index is 11.6. The minimum Gasteiger partial charge on any atom is -0.465 e. The molecule has 26 heavy (non-hydrogen) atoms. The molecular formula is C17H17N3O5S. The lowest BCUT2D eigenvalue weighted by Gasteiger charge is -2.03. The second-order valence-corrected chi connectivity index (χ2v) is 7.35. The number of fused-ring (bicyclic) bond motifs is 1. The number of aromatic amines is 1. The molecule has 0 spiro atoms. The van der Waals surface area contributed by atoms with Gasteiger partial charge in [-0.1, -0.05) is 0 Å². The normalized spacial score (nSPS) is 11.6. The molecule has 3 aromatic rings. The Kier molecular flexibility index (Phi) is 5.01. The summed E-state index contributed by atoms with van der Waals surface area (Å²) < 4.78 is 31.7. The van der Waals surface area contributed by atoms with Crippen molar-refractivity contribution in [3.05, 3.63) is 59.2 Å². The Morgan fingerprint density at radius 2 is 2.04 bits per heavy atom. The van der Waals surface area contributed by atoms with E-state index >= 15 is 0 Å². The number of ether oxygens (including phenoxy) is 1. The molecule has 0 aliphatic carbocycles. The van der Waals surface area contributed by atoms with Crippen LogP contribution >= 0.6 is 0 Å². The number of carbonyl (C=O) groups is 1. The number of nitrogens with one attached hydrogen (secondary N) is 1. The quantitative estimate of drug-likeness (QED) is 0.516. The monoisotopic (exact) mass is 375 g/mol. The zero-order chi connectivity index (χ0) is 18.7. The molecule has 1 N–H and O–H groups in total. The van der Waals surface area contributed by atoms with Crippen LogP contribution in [0.15, 0.2) is 36.5 Å². The van der Waals surface area contributed by atoms with E-state index in [4.69, 9.17) is 8.92 Å². The van der Waals surface area contributed by atoms with Crippen LogP contribution in [0.4, 0.5) is 0 Å². The van der Waals surface area contributed by atoms with E-state index in [2.05, 4.69) is 15.0 Å². The number of hydrogen-bond acceptors (Lipinski definition) is 7. The van der Waals surface area contributed by atoms with Gasteiger partial charge in [-0.15, -0.1) is 0 Å². The number of imidazole rings is 1. The van der Waals surface area contributed by atoms with Gasteiger partial charge in [-0.2, -0.15) is 8.42 Å². The molecule has 2 aromatic heterocycles. The van der Waals surface area contributed by atoms with E-state index in [1.807, 2.05) is 0 Å². The van der Waals surface area contributed by atoms with Gasteiger partial charge in [0.05, 0.1) is 36.6 Å². The Hall–Kier alpha value is -2.78. The molecule has 2 heterocycles. The zero-order valence-corrected chi connectivity index (χ0v) is 15.0. The number of carbonyl (C=O) groups excluding carboxylic acids is 1. The van der Waals surface area contributed by atoms with E-state index in [1.54, 1.807) is 36.5 Å². The predicted molar refractivity (Wildman–Crippen MR) is 94.1 cm³/mol.